The first-order valence-corrected chi connectivity index (χ1v) is 4.62. The highest BCUT2D eigenvalue weighted by atomic mass is 16.5. The van der Waals surface area contributed by atoms with E-state index in [0.29, 0.717) is 11.3 Å². The van der Waals surface area contributed by atoms with E-state index in [1.807, 2.05) is 24.3 Å². The second-order valence-electron chi connectivity index (χ2n) is 3.26. The van der Waals surface area contributed by atoms with Crippen LogP contribution in [-0.4, -0.2) is 18.2 Å². The van der Waals surface area contributed by atoms with Gasteiger partial charge in [0, 0.05) is 11.1 Å². The molecule has 1 N–H and O–H groups in total. The summed E-state index contributed by atoms with van der Waals surface area (Å²) >= 11 is 0. The van der Waals surface area contributed by atoms with Gasteiger partial charge >= 0.3 is 5.97 Å². The van der Waals surface area contributed by atoms with Crippen molar-refractivity contribution in [2.45, 2.75) is 13.8 Å². The summed E-state index contributed by atoms with van der Waals surface area (Å²) in [6.45, 7) is 3.37. The number of benzene rings is 1. The number of ether oxygens (including phenoxy) is 1. The third-order valence-electron chi connectivity index (χ3n) is 2.39. The Kier molecular flexibility index (Phi) is 3.50. The van der Waals surface area contributed by atoms with Crippen LogP contribution in [0.5, 0.6) is 5.75 Å². The fraction of sp³-hybridized carbons (Fsp3) is 0.250. The molecule has 15 heavy (non-hydrogen) atoms. The second-order valence-corrected chi connectivity index (χ2v) is 3.26. The van der Waals surface area contributed by atoms with Crippen molar-refractivity contribution in [3.05, 3.63) is 35.4 Å². The highest BCUT2D eigenvalue weighted by Gasteiger charge is 2.10. The zero-order valence-electron chi connectivity index (χ0n) is 9.07. The zero-order chi connectivity index (χ0) is 11.4. The van der Waals surface area contributed by atoms with Crippen LogP contribution < -0.4 is 4.74 Å². The summed E-state index contributed by atoms with van der Waals surface area (Å²) in [6, 6.07) is 7.37. The molecule has 0 fully saturated rings. The van der Waals surface area contributed by atoms with Gasteiger partial charge in [-0.2, -0.15) is 0 Å². The van der Waals surface area contributed by atoms with Crippen molar-refractivity contribution >= 4 is 11.5 Å². The smallest absolute Gasteiger partial charge is 0.331 e. The van der Waals surface area contributed by atoms with E-state index in [9.17, 15) is 4.79 Å². The SMILES string of the molecule is COc1ccccc1/C(C)=C(/C)C(=O)O. The number of para-hydroxylation sites is 1. The lowest BCUT2D eigenvalue weighted by Crippen LogP contribution is -2.00. The van der Waals surface area contributed by atoms with Crippen molar-refractivity contribution in [1.82, 2.24) is 0 Å². The van der Waals surface area contributed by atoms with Gasteiger partial charge in [-0.15, -0.1) is 0 Å². The summed E-state index contributed by atoms with van der Waals surface area (Å²) < 4.78 is 5.17. The molecule has 0 saturated carbocycles. The van der Waals surface area contributed by atoms with E-state index in [-0.39, 0.29) is 0 Å². The minimum atomic E-state index is -0.904. The third kappa shape index (κ3) is 2.37. The van der Waals surface area contributed by atoms with Crippen LogP contribution in [0.25, 0.3) is 5.57 Å². The van der Waals surface area contributed by atoms with Crippen molar-refractivity contribution in [2.24, 2.45) is 0 Å². The number of allylic oxidation sites excluding steroid dienone is 1. The largest absolute Gasteiger partial charge is 0.496 e. The summed E-state index contributed by atoms with van der Waals surface area (Å²) in [5.74, 6) is -0.214. The standard InChI is InChI=1S/C12H14O3/c1-8(9(2)12(13)14)10-6-4-5-7-11(10)15-3/h4-7H,1-3H3,(H,13,14)/b9-8-. The Morgan fingerprint density at radius 1 is 1.27 bits per heavy atom. The maximum atomic E-state index is 10.8. The molecule has 3 nitrogen and oxygen atoms in total. The molecule has 1 aromatic carbocycles. The fourth-order valence-corrected chi connectivity index (χ4v) is 1.32. The number of hydrogen-bond donors (Lipinski definition) is 1. The van der Waals surface area contributed by atoms with E-state index in [1.54, 1.807) is 21.0 Å². The fourth-order valence-electron chi connectivity index (χ4n) is 1.32. The number of carboxylic acid groups (broad SMARTS) is 1. The lowest BCUT2D eigenvalue weighted by Gasteiger charge is -2.09. The average molecular weight is 206 g/mol. The van der Waals surface area contributed by atoms with E-state index < -0.39 is 5.97 Å². The maximum absolute atomic E-state index is 10.8. The molecule has 0 radical (unpaired) electrons. The average Bonchev–Trinajstić information content (AvgIpc) is 2.26. The van der Waals surface area contributed by atoms with Crippen molar-refractivity contribution in [2.75, 3.05) is 7.11 Å². The number of hydrogen-bond acceptors (Lipinski definition) is 2. The minimum absolute atomic E-state index is 0.333. The van der Waals surface area contributed by atoms with Gasteiger partial charge in [0.25, 0.3) is 0 Å². The minimum Gasteiger partial charge on any atom is -0.496 e. The van der Waals surface area contributed by atoms with Gasteiger partial charge in [-0.25, -0.2) is 4.79 Å². The summed E-state index contributed by atoms with van der Waals surface area (Å²) in [5, 5.41) is 8.88. The zero-order valence-corrected chi connectivity index (χ0v) is 9.07. The number of carbonyl (C=O) groups is 1. The molecule has 0 amide bonds. The lowest BCUT2D eigenvalue weighted by atomic mass is 10.0. The van der Waals surface area contributed by atoms with Gasteiger partial charge in [0.2, 0.25) is 0 Å². The normalized spacial score (nSPS) is 11.9. The van der Waals surface area contributed by atoms with Crippen molar-refractivity contribution in [3.8, 4) is 5.75 Å². The summed E-state index contributed by atoms with van der Waals surface area (Å²) in [4.78, 5) is 10.8. The molecule has 0 aliphatic carbocycles. The Hall–Kier alpha value is -1.77. The van der Waals surface area contributed by atoms with Gasteiger partial charge in [-0.3, -0.25) is 0 Å². The van der Waals surface area contributed by atoms with Gasteiger partial charge in [0.15, 0.2) is 0 Å². The molecule has 80 valence electrons. The highest BCUT2D eigenvalue weighted by Crippen LogP contribution is 2.27. The van der Waals surface area contributed by atoms with E-state index in [1.165, 1.54) is 0 Å². The molecular formula is C12H14O3. The molecule has 3 heteroatoms. The number of carboxylic acids is 1. The molecule has 0 unspecified atom stereocenters. The molecule has 1 rings (SSSR count). The van der Waals surface area contributed by atoms with E-state index in [4.69, 9.17) is 9.84 Å². The van der Waals surface area contributed by atoms with Crippen LogP contribution in [0.15, 0.2) is 29.8 Å². The first-order chi connectivity index (χ1) is 7.07. The van der Waals surface area contributed by atoms with Crippen LogP contribution in [0, 0.1) is 0 Å². The van der Waals surface area contributed by atoms with E-state index >= 15 is 0 Å². The molecule has 0 heterocycles. The van der Waals surface area contributed by atoms with Crippen LogP contribution in [-0.2, 0) is 4.79 Å². The molecule has 1 aromatic rings. The Labute approximate surface area is 89.0 Å². The van der Waals surface area contributed by atoms with Crippen molar-refractivity contribution in [3.63, 3.8) is 0 Å². The molecular weight excluding hydrogens is 192 g/mol. The Bertz CT molecular complexity index is 405. The highest BCUT2D eigenvalue weighted by molar-refractivity contribution is 5.96. The monoisotopic (exact) mass is 206 g/mol. The van der Waals surface area contributed by atoms with Gasteiger partial charge in [-0.05, 0) is 25.5 Å². The Morgan fingerprint density at radius 2 is 1.87 bits per heavy atom. The topological polar surface area (TPSA) is 46.5 Å². The Morgan fingerprint density at radius 3 is 2.40 bits per heavy atom. The first kappa shape index (κ1) is 11.3. The van der Waals surface area contributed by atoms with Gasteiger partial charge in [-0.1, -0.05) is 18.2 Å². The van der Waals surface area contributed by atoms with E-state index in [2.05, 4.69) is 0 Å². The molecule has 0 saturated heterocycles. The summed E-state index contributed by atoms with van der Waals surface area (Å²) in [5.41, 5.74) is 1.87. The third-order valence-corrected chi connectivity index (χ3v) is 2.39. The molecule has 0 bridgehead atoms. The van der Waals surface area contributed by atoms with Crippen molar-refractivity contribution in [1.29, 1.82) is 0 Å². The predicted octanol–water partition coefficient (Wildman–Crippen LogP) is 2.57. The first-order valence-electron chi connectivity index (χ1n) is 4.62. The van der Waals surface area contributed by atoms with Gasteiger partial charge in [0.05, 0.1) is 7.11 Å². The molecule has 0 spiro atoms. The van der Waals surface area contributed by atoms with Crippen LogP contribution in [0.4, 0.5) is 0 Å². The van der Waals surface area contributed by atoms with E-state index in [0.717, 1.165) is 11.1 Å². The summed E-state index contributed by atoms with van der Waals surface area (Å²) in [7, 11) is 1.57. The summed E-state index contributed by atoms with van der Waals surface area (Å²) in [6.07, 6.45) is 0. The lowest BCUT2D eigenvalue weighted by molar-refractivity contribution is -0.132. The molecule has 0 aliphatic heterocycles. The van der Waals surface area contributed by atoms with Crippen molar-refractivity contribution < 1.29 is 14.6 Å². The van der Waals surface area contributed by atoms with Gasteiger partial charge in [0.1, 0.15) is 5.75 Å². The van der Waals surface area contributed by atoms with Gasteiger partial charge < -0.3 is 9.84 Å². The maximum Gasteiger partial charge on any atom is 0.331 e. The van der Waals surface area contributed by atoms with Crippen LogP contribution in [0.3, 0.4) is 0 Å². The number of rotatable bonds is 3. The number of aliphatic carboxylic acids is 1. The number of methoxy groups -OCH3 is 1. The predicted molar refractivity (Wildman–Crippen MR) is 58.9 cm³/mol. The molecule has 0 aliphatic rings. The quantitative estimate of drug-likeness (QED) is 0.773. The van der Waals surface area contributed by atoms with Crippen LogP contribution >= 0.6 is 0 Å². The molecule has 0 aromatic heterocycles. The van der Waals surface area contributed by atoms with Crippen LogP contribution in [0.2, 0.25) is 0 Å². The van der Waals surface area contributed by atoms with Crippen LogP contribution in [0.1, 0.15) is 19.4 Å². The Balaban J connectivity index is 3.27. The second kappa shape index (κ2) is 4.64. The molecule has 0 atom stereocenters.